The summed E-state index contributed by atoms with van der Waals surface area (Å²) in [6.07, 6.45) is 5.47. The lowest BCUT2D eigenvalue weighted by atomic mass is 10.1. The summed E-state index contributed by atoms with van der Waals surface area (Å²) in [6, 6.07) is 23.5. The van der Waals surface area contributed by atoms with E-state index in [-0.39, 0.29) is 12.5 Å². The average Bonchev–Trinajstić information content (AvgIpc) is 2.86. The largest absolute Gasteiger partial charge is 0.322 e. The normalized spacial score (nSPS) is 11.2. The molecule has 0 spiro atoms. The second kappa shape index (κ2) is 11.2. The second-order valence-corrected chi connectivity index (χ2v) is 11.4. The van der Waals surface area contributed by atoms with Gasteiger partial charge in [-0.3, -0.25) is 14.1 Å². The fourth-order valence-electron chi connectivity index (χ4n) is 3.61. The Morgan fingerprint density at radius 3 is 2.14 bits per heavy atom. The molecule has 1 aromatic heterocycles. The van der Waals surface area contributed by atoms with Crippen LogP contribution in [-0.4, -0.2) is 25.6 Å². The number of rotatable bonds is 8. The zero-order chi connectivity index (χ0) is 25.7. The van der Waals surface area contributed by atoms with Crippen LogP contribution in [0.1, 0.15) is 27.0 Å². The smallest absolute Gasteiger partial charge is 0.255 e. The minimum atomic E-state index is -3.56. The van der Waals surface area contributed by atoms with Gasteiger partial charge in [-0.15, -0.1) is 0 Å². The fourth-order valence-corrected chi connectivity index (χ4v) is 4.91. The molecule has 0 saturated carbocycles. The number of halogens is 2. The van der Waals surface area contributed by atoms with Crippen molar-refractivity contribution in [3.05, 3.63) is 123 Å². The molecule has 0 unspecified atom stereocenters. The summed E-state index contributed by atoms with van der Waals surface area (Å²) in [4.78, 5) is 16.8. The zero-order valence-electron chi connectivity index (χ0n) is 19.4. The number of sulfonamides is 1. The highest BCUT2D eigenvalue weighted by atomic mass is 79.9. The molecule has 9 heteroatoms. The zero-order valence-corrected chi connectivity index (χ0v) is 22.5. The van der Waals surface area contributed by atoms with E-state index in [9.17, 15) is 13.2 Å². The third-order valence-corrected chi connectivity index (χ3v) is 7.88. The molecular formula is C27H23BrClN3O3S. The van der Waals surface area contributed by atoms with E-state index in [0.717, 1.165) is 23.8 Å². The number of amides is 1. The van der Waals surface area contributed by atoms with Crippen LogP contribution in [0.4, 0.5) is 11.4 Å². The van der Waals surface area contributed by atoms with Gasteiger partial charge in [0.1, 0.15) is 0 Å². The minimum absolute atomic E-state index is 0.109. The van der Waals surface area contributed by atoms with Gasteiger partial charge >= 0.3 is 0 Å². The van der Waals surface area contributed by atoms with Gasteiger partial charge < -0.3 is 5.32 Å². The monoisotopic (exact) mass is 583 g/mol. The van der Waals surface area contributed by atoms with E-state index in [1.165, 1.54) is 9.87 Å². The molecule has 0 radical (unpaired) electrons. The van der Waals surface area contributed by atoms with Gasteiger partial charge in [0.25, 0.3) is 5.91 Å². The molecule has 3 aromatic carbocycles. The van der Waals surface area contributed by atoms with E-state index in [1.807, 2.05) is 36.4 Å². The van der Waals surface area contributed by atoms with Crippen molar-refractivity contribution in [2.24, 2.45) is 0 Å². The van der Waals surface area contributed by atoms with Gasteiger partial charge in [-0.2, -0.15) is 0 Å². The third-order valence-electron chi connectivity index (χ3n) is 5.50. The Labute approximate surface area is 224 Å². The Hall–Kier alpha value is -3.20. The molecule has 6 nitrogen and oxygen atoms in total. The highest BCUT2D eigenvalue weighted by molar-refractivity contribution is 9.10. The summed E-state index contributed by atoms with van der Waals surface area (Å²) in [5, 5.41) is 3.31. The van der Waals surface area contributed by atoms with Crippen LogP contribution in [0.5, 0.6) is 0 Å². The molecule has 0 atom stereocenters. The Balaban J connectivity index is 1.42. The van der Waals surface area contributed by atoms with Gasteiger partial charge in [0.15, 0.2) is 0 Å². The number of carbonyl (C=O) groups is 1. The maximum absolute atomic E-state index is 12.7. The van der Waals surface area contributed by atoms with Crippen molar-refractivity contribution in [2.45, 2.75) is 13.0 Å². The van der Waals surface area contributed by atoms with Crippen LogP contribution < -0.4 is 9.62 Å². The molecule has 36 heavy (non-hydrogen) atoms. The predicted molar refractivity (Wildman–Crippen MR) is 148 cm³/mol. The van der Waals surface area contributed by atoms with Gasteiger partial charge in [-0.1, -0.05) is 35.9 Å². The van der Waals surface area contributed by atoms with E-state index in [1.54, 1.807) is 54.9 Å². The van der Waals surface area contributed by atoms with Crippen molar-refractivity contribution < 1.29 is 13.2 Å². The van der Waals surface area contributed by atoms with Crippen LogP contribution in [0.15, 0.2) is 95.7 Å². The van der Waals surface area contributed by atoms with E-state index < -0.39 is 10.0 Å². The molecule has 0 aliphatic carbocycles. The predicted octanol–water partition coefficient (Wildman–Crippen LogP) is 6.31. The number of anilines is 2. The van der Waals surface area contributed by atoms with E-state index >= 15 is 0 Å². The summed E-state index contributed by atoms with van der Waals surface area (Å²) < 4.78 is 26.8. The summed E-state index contributed by atoms with van der Waals surface area (Å²) >= 11 is 9.48. The van der Waals surface area contributed by atoms with Crippen molar-refractivity contribution in [1.82, 2.24) is 4.98 Å². The number of pyridine rings is 1. The summed E-state index contributed by atoms with van der Waals surface area (Å²) in [6.45, 7) is 0.109. The molecule has 0 fully saturated rings. The van der Waals surface area contributed by atoms with Crippen LogP contribution in [0.2, 0.25) is 5.02 Å². The SMILES string of the molecule is CS(=O)(=O)N(Cc1ccc(C(=O)Nc2ccc(Cc3ccncc3)cc2)cc1)c1ccc(Br)c(Cl)c1. The summed E-state index contributed by atoms with van der Waals surface area (Å²) in [7, 11) is -3.56. The number of nitrogens with one attached hydrogen (secondary N) is 1. The number of carbonyl (C=O) groups excluding carboxylic acids is 1. The number of hydrogen-bond donors (Lipinski definition) is 1. The Bertz CT molecular complexity index is 1460. The number of nitrogens with zero attached hydrogens (tertiary/aromatic N) is 2. The highest BCUT2D eigenvalue weighted by Gasteiger charge is 2.19. The minimum Gasteiger partial charge on any atom is -0.322 e. The second-order valence-electron chi connectivity index (χ2n) is 8.25. The topological polar surface area (TPSA) is 79.4 Å². The molecule has 1 N–H and O–H groups in total. The van der Waals surface area contributed by atoms with Crippen molar-refractivity contribution in [1.29, 1.82) is 0 Å². The lowest BCUT2D eigenvalue weighted by molar-refractivity contribution is 0.102. The van der Waals surface area contributed by atoms with E-state index in [2.05, 4.69) is 26.2 Å². The first-order valence-corrected chi connectivity index (χ1v) is 14.0. The van der Waals surface area contributed by atoms with Crippen molar-refractivity contribution in [3.63, 3.8) is 0 Å². The third kappa shape index (κ3) is 6.72. The van der Waals surface area contributed by atoms with Gasteiger partial charge in [-0.05, 0) is 93.6 Å². The Morgan fingerprint density at radius 1 is 0.917 bits per heavy atom. The molecule has 0 saturated heterocycles. The Morgan fingerprint density at radius 2 is 1.53 bits per heavy atom. The quantitative estimate of drug-likeness (QED) is 0.263. The van der Waals surface area contributed by atoms with Crippen molar-refractivity contribution in [3.8, 4) is 0 Å². The lowest BCUT2D eigenvalue weighted by Gasteiger charge is -2.23. The fraction of sp³-hybridized carbons (Fsp3) is 0.111. The maximum atomic E-state index is 12.7. The summed E-state index contributed by atoms with van der Waals surface area (Å²) in [5.74, 6) is -0.247. The summed E-state index contributed by atoms with van der Waals surface area (Å²) in [5.41, 5.74) is 4.65. The number of benzene rings is 3. The molecule has 4 rings (SSSR count). The maximum Gasteiger partial charge on any atom is 0.255 e. The van der Waals surface area contributed by atoms with Gasteiger partial charge in [0, 0.05) is 28.1 Å². The highest BCUT2D eigenvalue weighted by Crippen LogP contribution is 2.29. The van der Waals surface area contributed by atoms with Gasteiger partial charge in [-0.25, -0.2) is 8.42 Å². The van der Waals surface area contributed by atoms with Crippen LogP contribution in [0, 0.1) is 0 Å². The van der Waals surface area contributed by atoms with Crippen molar-refractivity contribution >= 4 is 54.8 Å². The molecule has 184 valence electrons. The van der Waals surface area contributed by atoms with E-state index in [0.29, 0.717) is 26.4 Å². The van der Waals surface area contributed by atoms with Crippen LogP contribution in [0.3, 0.4) is 0 Å². The number of hydrogen-bond acceptors (Lipinski definition) is 4. The van der Waals surface area contributed by atoms with E-state index in [4.69, 9.17) is 11.6 Å². The number of aromatic nitrogens is 1. The van der Waals surface area contributed by atoms with Crippen LogP contribution in [-0.2, 0) is 23.0 Å². The van der Waals surface area contributed by atoms with Crippen molar-refractivity contribution in [2.75, 3.05) is 15.9 Å². The molecule has 0 aliphatic rings. The van der Waals surface area contributed by atoms with Crippen LogP contribution >= 0.6 is 27.5 Å². The Kier molecular flexibility index (Phi) is 8.08. The van der Waals surface area contributed by atoms with Gasteiger partial charge in [0.2, 0.25) is 10.0 Å². The standard InChI is InChI=1S/C27H23BrClN3O3S/c1-36(34,35)32(24-10-11-25(28)26(29)17-24)18-21-2-6-22(7-3-21)27(33)31-23-8-4-19(5-9-23)16-20-12-14-30-15-13-20/h2-15,17H,16,18H2,1H3,(H,31,33). The van der Waals surface area contributed by atoms with Crippen LogP contribution in [0.25, 0.3) is 0 Å². The first-order valence-electron chi connectivity index (χ1n) is 11.0. The molecule has 4 aromatic rings. The first kappa shape index (κ1) is 25.9. The molecule has 1 heterocycles. The molecule has 0 aliphatic heterocycles. The first-order chi connectivity index (χ1) is 17.2. The average molecular weight is 585 g/mol. The molecule has 0 bridgehead atoms. The molecule has 1 amide bonds. The molecular weight excluding hydrogens is 562 g/mol. The van der Waals surface area contributed by atoms with Gasteiger partial charge in [0.05, 0.1) is 23.5 Å². The lowest BCUT2D eigenvalue weighted by Crippen LogP contribution is -2.29.